The van der Waals surface area contributed by atoms with Crippen LogP contribution in [-0.2, 0) is 0 Å². The van der Waals surface area contributed by atoms with E-state index in [1.54, 1.807) is 0 Å². The van der Waals surface area contributed by atoms with E-state index in [0.29, 0.717) is 5.41 Å². The third kappa shape index (κ3) is 4.69. The Balaban J connectivity index is 2.01. The molecule has 0 aromatic heterocycles. The number of likely N-dealkylation sites (tertiary alicyclic amines) is 1. The minimum atomic E-state index is 0.528. The molecule has 3 atom stereocenters. The fourth-order valence-corrected chi connectivity index (χ4v) is 4.58. The normalized spacial score (nSPS) is 34.9. The highest BCUT2D eigenvalue weighted by Crippen LogP contribution is 2.38. The highest BCUT2D eigenvalue weighted by Gasteiger charge is 2.38. The molecule has 2 rings (SSSR count). The average molecular weight is 295 g/mol. The number of hydrogen-bond donors (Lipinski definition) is 1. The molecule has 1 saturated carbocycles. The maximum atomic E-state index is 3.78. The molecule has 0 aromatic rings. The molecule has 1 aliphatic carbocycles. The maximum absolute atomic E-state index is 3.78. The van der Waals surface area contributed by atoms with Crippen molar-refractivity contribution >= 4 is 0 Å². The van der Waals surface area contributed by atoms with Crippen molar-refractivity contribution in [3.63, 3.8) is 0 Å². The summed E-state index contributed by atoms with van der Waals surface area (Å²) in [5.74, 6) is 1.81. The van der Waals surface area contributed by atoms with Gasteiger partial charge in [0.1, 0.15) is 0 Å². The van der Waals surface area contributed by atoms with Crippen LogP contribution in [0.15, 0.2) is 0 Å². The highest BCUT2D eigenvalue weighted by atomic mass is 15.2. The topological polar surface area (TPSA) is 15.3 Å². The molecule has 0 aromatic carbocycles. The van der Waals surface area contributed by atoms with E-state index >= 15 is 0 Å². The van der Waals surface area contributed by atoms with Gasteiger partial charge in [0, 0.05) is 12.1 Å². The van der Waals surface area contributed by atoms with E-state index in [1.807, 2.05) is 0 Å². The van der Waals surface area contributed by atoms with Gasteiger partial charge in [-0.1, -0.05) is 34.6 Å². The summed E-state index contributed by atoms with van der Waals surface area (Å²) >= 11 is 0. The van der Waals surface area contributed by atoms with Crippen molar-refractivity contribution in [2.45, 2.75) is 85.2 Å². The minimum Gasteiger partial charge on any atom is -0.313 e. The molecular weight excluding hydrogens is 256 g/mol. The summed E-state index contributed by atoms with van der Waals surface area (Å²) in [6.45, 7) is 15.8. The van der Waals surface area contributed by atoms with E-state index < -0.39 is 0 Å². The lowest BCUT2D eigenvalue weighted by Crippen LogP contribution is -2.55. The number of hydrogen-bond acceptors (Lipinski definition) is 2. The van der Waals surface area contributed by atoms with Crippen LogP contribution >= 0.6 is 0 Å². The molecule has 0 spiro atoms. The predicted molar refractivity (Wildman–Crippen MR) is 92.6 cm³/mol. The molecule has 2 heteroatoms. The summed E-state index contributed by atoms with van der Waals surface area (Å²) < 4.78 is 0. The van der Waals surface area contributed by atoms with Crippen LogP contribution in [0.5, 0.6) is 0 Å². The van der Waals surface area contributed by atoms with Crippen LogP contribution in [0.25, 0.3) is 0 Å². The standard InChI is InChI=1S/C19H38N2/c1-6-20-17-9-11-19(4,5)14-18(17)21-12-7-8-16(10-13-21)15(2)3/h15-18,20H,6-14H2,1-5H3. The quantitative estimate of drug-likeness (QED) is 0.831. The Hall–Kier alpha value is -0.0800. The van der Waals surface area contributed by atoms with Crippen LogP contribution in [0, 0.1) is 17.3 Å². The predicted octanol–water partition coefficient (Wildman–Crippen LogP) is 4.30. The second-order valence-electron chi connectivity index (χ2n) is 8.61. The fraction of sp³-hybridized carbons (Fsp3) is 1.00. The number of nitrogens with one attached hydrogen (secondary N) is 1. The van der Waals surface area contributed by atoms with E-state index in [0.717, 1.165) is 30.5 Å². The van der Waals surface area contributed by atoms with Crippen molar-refractivity contribution in [3.8, 4) is 0 Å². The Labute approximate surface area is 133 Å². The fourth-order valence-electron chi connectivity index (χ4n) is 4.58. The first-order valence-electron chi connectivity index (χ1n) is 9.40. The van der Waals surface area contributed by atoms with Gasteiger partial charge >= 0.3 is 0 Å². The van der Waals surface area contributed by atoms with Crippen LogP contribution in [0.3, 0.4) is 0 Å². The van der Waals surface area contributed by atoms with Gasteiger partial charge in [0.2, 0.25) is 0 Å². The zero-order valence-corrected chi connectivity index (χ0v) is 15.1. The molecule has 2 aliphatic rings. The first-order valence-corrected chi connectivity index (χ1v) is 9.40. The maximum Gasteiger partial charge on any atom is 0.0254 e. The van der Waals surface area contributed by atoms with Crippen LogP contribution in [0.2, 0.25) is 0 Å². The summed E-state index contributed by atoms with van der Waals surface area (Å²) in [6.07, 6.45) is 8.36. The molecule has 21 heavy (non-hydrogen) atoms. The first kappa shape index (κ1) is 17.3. The van der Waals surface area contributed by atoms with Gasteiger partial charge in [0.05, 0.1) is 0 Å². The van der Waals surface area contributed by atoms with Crippen LogP contribution < -0.4 is 5.32 Å². The zero-order valence-electron chi connectivity index (χ0n) is 15.1. The van der Waals surface area contributed by atoms with Crippen molar-refractivity contribution in [2.75, 3.05) is 19.6 Å². The van der Waals surface area contributed by atoms with Gasteiger partial charge in [-0.15, -0.1) is 0 Å². The Kier molecular flexibility index (Phi) is 6.14. The number of nitrogens with zero attached hydrogens (tertiary/aromatic N) is 1. The molecule has 1 aliphatic heterocycles. The van der Waals surface area contributed by atoms with Crippen LogP contribution in [0.1, 0.15) is 73.1 Å². The van der Waals surface area contributed by atoms with E-state index in [-0.39, 0.29) is 0 Å². The first-order chi connectivity index (χ1) is 9.93. The van der Waals surface area contributed by atoms with Crippen molar-refractivity contribution in [2.24, 2.45) is 17.3 Å². The second-order valence-corrected chi connectivity index (χ2v) is 8.61. The van der Waals surface area contributed by atoms with Crippen LogP contribution in [0.4, 0.5) is 0 Å². The lowest BCUT2D eigenvalue weighted by atomic mass is 9.72. The Bertz CT molecular complexity index is 311. The lowest BCUT2D eigenvalue weighted by molar-refractivity contribution is 0.0664. The van der Waals surface area contributed by atoms with Gasteiger partial charge in [0.25, 0.3) is 0 Å². The largest absolute Gasteiger partial charge is 0.313 e. The summed E-state index contributed by atoms with van der Waals surface area (Å²) in [7, 11) is 0. The molecule has 2 fully saturated rings. The molecular formula is C19H38N2. The molecule has 0 bridgehead atoms. The molecule has 2 nitrogen and oxygen atoms in total. The smallest absolute Gasteiger partial charge is 0.0254 e. The Morgan fingerprint density at radius 1 is 1.14 bits per heavy atom. The van der Waals surface area contributed by atoms with Crippen molar-refractivity contribution in [3.05, 3.63) is 0 Å². The van der Waals surface area contributed by atoms with E-state index in [2.05, 4.69) is 44.8 Å². The molecule has 1 heterocycles. The average Bonchev–Trinajstić information content (AvgIpc) is 2.66. The van der Waals surface area contributed by atoms with Crippen molar-refractivity contribution in [1.29, 1.82) is 0 Å². The SMILES string of the molecule is CCNC1CCC(C)(C)CC1N1CCCC(C(C)C)CC1. The van der Waals surface area contributed by atoms with E-state index in [1.165, 1.54) is 51.6 Å². The molecule has 124 valence electrons. The molecule has 3 unspecified atom stereocenters. The number of likely N-dealkylation sites (N-methyl/N-ethyl adjacent to an activating group) is 1. The van der Waals surface area contributed by atoms with Crippen molar-refractivity contribution in [1.82, 2.24) is 10.2 Å². The van der Waals surface area contributed by atoms with Gasteiger partial charge in [0.15, 0.2) is 0 Å². The van der Waals surface area contributed by atoms with E-state index in [4.69, 9.17) is 0 Å². The summed E-state index contributed by atoms with van der Waals surface area (Å²) in [4.78, 5) is 2.84. The minimum absolute atomic E-state index is 0.528. The van der Waals surface area contributed by atoms with Gasteiger partial charge in [-0.25, -0.2) is 0 Å². The van der Waals surface area contributed by atoms with Gasteiger partial charge < -0.3 is 5.32 Å². The molecule has 1 N–H and O–H groups in total. The Morgan fingerprint density at radius 2 is 1.90 bits per heavy atom. The summed E-state index contributed by atoms with van der Waals surface area (Å²) in [6, 6.07) is 1.48. The second kappa shape index (κ2) is 7.46. The van der Waals surface area contributed by atoms with Crippen molar-refractivity contribution < 1.29 is 0 Å². The molecule has 1 saturated heterocycles. The third-order valence-corrected chi connectivity index (χ3v) is 6.04. The monoisotopic (exact) mass is 294 g/mol. The third-order valence-electron chi connectivity index (χ3n) is 6.04. The molecule has 0 radical (unpaired) electrons. The zero-order chi connectivity index (χ0) is 15.5. The van der Waals surface area contributed by atoms with Gasteiger partial charge in [-0.3, -0.25) is 4.90 Å². The number of rotatable bonds is 4. The van der Waals surface area contributed by atoms with Gasteiger partial charge in [-0.2, -0.15) is 0 Å². The lowest BCUT2D eigenvalue weighted by Gasteiger charge is -2.46. The molecule has 0 amide bonds. The summed E-state index contributed by atoms with van der Waals surface area (Å²) in [5.41, 5.74) is 0.528. The Morgan fingerprint density at radius 3 is 2.57 bits per heavy atom. The van der Waals surface area contributed by atoms with Crippen LogP contribution in [-0.4, -0.2) is 36.6 Å². The van der Waals surface area contributed by atoms with E-state index in [9.17, 15) is 0 Å². The highest BCUT2D eigenvalue weighted by molar-refractivity contribution is 4.95. The summed E-state index contributed by atoms with van der Waals surface area (Å²) in [5, 5.41) is 3.78. The van der Waals surface area contributed by atoms with Gasteiger partial charge in [-0.05, 0) is 75.4 Å².